The van der Waals surface area contributed by atoms with Gasteiger partial charge in [-0.25, -0.2) is 4.39 Å². The molecule has 2 N–H and O–H groups in total. The van der Waals surface area contributed by atoms with Crippen molar-refractivity contribution in [2.24, 2.45) is 0 Å². The van der Waals surface area contributed by atoms with Crippen molar-refractivity contribution in [3.63, 3.8) is 0 Å². The molecule has 0 spiro atoms. The van der Waals surface area contributed by atoms with Crippen LogP contribution in [-0.4, -0.2) is 29.1 Å². The number of piperidine rings is 1. The molecule has 0 radical (unpaired) electrons. The highest BCUT2D eigenvalue weighted by molar-refractivity contribution is 5.43. The van der Waals surface area contributed by atoms with E-state index in [0.29, 0.717) is 6.04 Å². The van der Waals surface area contributed by atoms with E-state index in [4.69, 9.17) is 5.11 Å². The van der Waals surface area contributed by atoms with Crippen molar-refractivity contribution in [1.29, 1.82) is 0 Å². The maximum atomic E-state index is 12.9. The molecule has 122 valence electrons. The molecular weight excluding hydrogens is 291 g/mol. The molecule has 0 aromatic heterocycles. The Bertz CT molecular complexity index is 604. The number of hydrogen-bond donors (Lipinski definition) is 2. The van der Waals surface area contributed by atoms with Crippen LogP contribution in [-0.2, 0) is 13.2 Å². The highest BCUT2D eigenvalue weighted by atomic mass is 19.1. The second-order valence-electron chi connectivity index (χ2n) is 6.18. The predicted molar refractivity (Wildman–Crippen MR) is 90.7 cm³/mol. The summed E-state index contributed by atoms with van der Waals surface area (Å²) in [6.07, 6.45) is 2.18. The lowest BCUT2D eigenvalue weighted by atomic mass is 10.0. The van der Waals surface area contributed by atoms with Crippen LogP contribution in [0.1, 0.15) is 24.0 Å². The van der Waals surface area contributed by atoms with E-state index in [9.17, 15) is 4.39 Å². The van der Waals surface area contributed by atoms with Crippen LogP contribution < -0.4 is 5.32 Å². The molecular formula is C19H23FN2O. The Hall–Kier alpha value is -1.91. The minimum atomic E-state index is -0.197. The zero-order chi connectivity index (χ0) is 16.1. The van der Waals surface area contributed by atoms with Crippen LogP contribution in [0.25, 0.3) is 0 Å². The van der Waals surface area contributed by atoms with Gasteiger partial charge in [-0.1, -0.05) is 24.3 Å². The normalized spacial score (nSPS) is 16.4. The lowest BCUT2D eigenvalue weighted by molar-refractivity contribution is 0.211. The zero-order valence-electron chi connectivity index (χ0n) is 13.2. The Morgan fingerprint density at radius 2 is 1.57 bits per heavy atom. The molecule has 2 aromatic carbocycles. The molecule has 0 aliphatic carbocycles. The Morgan fingerprint density at radius 3 is 2.17 bits per heavy atom. The van der Waals surface area contributed by atoms with Gasteiger partial charge in [0.15, 0.2) is 0 Å². The van der Waals surface area contributed by atoms with Gasteiger partial charge in [0, 0.05) is 31.4 Å². The van der Waals surface area contributed by atoms with Gasteiger partial charge in [0.1, 0.15) is 5.82 Å². The number of aliphatic hydroxyl groups excluding tert-OH is 1. The minimum absolute atomic E-state index is 0.0979. The number of rotatable bonds is 5. The maximum Gasteiger partial charge on any atom is 0.123 e. The Morgan fingerprint density at radius 1 is 0.957 bits per heavy atom. The van der Waals surface area contributed by atoms with E-state index in [1.807, 2.05) is 12.1 Å². The fraction of sp³-hybridized carbons (Fsp3) is 0.368. The van der Waals surface area contributed by atoms with Crippen molar-refractivity contribution in [3.8, 4) is 0 Å². The van der Waals surface area contributed by atoms with Gasteiger partial charge in [-0.05, 0) is 48.2 Å². The number of benzene rings is 2. The first-order valence-electron chi connectivity index (χ1n) is 8.16. The van der Waals surface area contributed by atoms with Gasteiger partial charge in [-0.2, -0.15) is 0 Å². The molecule has 4 heteroatoms. The Kier molecular flexibility index (Phi) is 5.26. The van der Waals surface area contributed by atoms with E-state index in [-0.39, 0.29) is 12.4 Å². The molecule has 1 aliphatic rings. The summed E-state index contributed by atoms with van der Waals surface area (Å²) < 4.78 is 12.9. The minimum Gasteiger partial charge on any atom is -0.392 e. The lowest BCUT2D eigenvalue weighted by Gasteiger charge is -2.33. The average Bonchev–Trinajstić information content (AvgIpc) is 2.59. The van der Waals surface area contributed by atoms with Crippen molar-refractivity contribution in [2.45, 2.75) is 32.0 Å². The molecule has 0 saturated carbocycles. The summed E-state index contributed by atoms with van der Waals surface area (Å²) in [5.74, 6) is -0.197. The van der Waals surface area contributed by atoms with E-state index in [2.05, 4.69) is 22.3 Å². The molecule has 2 aromatic rings. The third-order valence-corrected chi connectivity index (χ3v) is 4.41. The molecule has 3 rings (SSSR count). The number of nitrogens with zero attached hydrogens (tertiary/aromatic N) is 1. The molecule has 3 nitrogen and oxygen atoms in total. The van der Waals surface area contributed by atoms with Crippen LogP contribution in [0.3, 0.4) is 0 Å². The number of anilines is 1. The van der Waals surface area contributed by atoms with Crippen LogP contribution in [0.2, 0.25) is 0 Å². The fourth-order valence-electron chi connectivity index (χ4n) is 3.03. The standard InChI is InChI=1S/C19H23FN2O/c20-17-5-7-18(8-6-17)21-19-9-11-22(12-10-19)13-15-1-3-16(14-23)4-2-15/h1-8,19,21,23H,9-14H2. The van der Waals surface area contributed by atoms with E-state index in [1.54, 1.807) is 12.1 Å². The second-order valence-corrected chi connectivity index (χ2v) is 6.18. The number of hydrogen-bond acceptors (Lipinski definition) is 3. The zero-order valence-corrected chi connectivity index (χ0v) is 13.2. The Labute approximate surface area is 136 Å². The van der Waals surface area contributed by atoms with Crippen LogP contribution in [0.15, 0.2) is 48.5 Å². The third-order valence-electron chi connectivity index (χ3n) is 4.41. The number of nitrogens with one attached hydrogen (secondary N) is 1. The third kappa shape index (κ3) is 4.53. The first kappa shape index (κ1) is 16.0. The molecule has 0 atom stereocenters. The first-order chi connectivity index (χ1) is 11.2. The molecule has 1 fully saturated rings. The molecule has 1 aliphatic heterocycles. The van der Waals surface area contributed by atoms with Crippen LogP contribution in [0.4, 0.5) is 10.1 Å². The topological polar surface area (TPSA) is 35.5 Å². The second kappa shape index (κ2) is 7.57. The average molecular weight is 314 g/mol. The summed E-state index contributed by atoms with van der Waals surface area (Å²) in [6, 6.07) is 15.2. The van der Waals surface area contributed by atoms with Crippen molar-refractivity contribution in [2.75, 3.05) is 18.4 Å². The highest BCUT2D eigenvalue weighted by Crippen LogP contribution is 2.18. The largest absolute Gasteiger partial charge is 0.392 e. The maximum absolute atomic E-state index is 12.9. The summed E-state index contributed by atoms with van der Waals surface area (Å²) in [5.41, 5.74) is 3.23. The Balaban J connectivity index is 1.47. The van der Waals surface area contributed by atoms with Gasteiger partial charge in [-0.3, -0.25) is 4.90 Å². The van der Waals surface area contributed by atoms with Gasteiger partial charge in [0.2, 0.25) is 0 Å². The van der Waals surface area contributed by atoms with Crippen LogP contribution in [0, 0.1) is 5.82 Å². The molecule has 23 heavy (non-hydrogen) atoms. The van der Waals surface area contributed by atoms with Gasteiger partial charge < -0.3 is 10.4 Å². The molecule has 0 unspecified atom stereocenters. The first-order valence-corrected chi connectivity index (χ1v) is 8.16. The van der Waals surface area contributed by atoms with Crippen LogP contribution in [0.5, 0.6) is 0 Å². The fourth-order valence-corrected chi connectivity index (χ4v) is 3.03. The smallest absolute Gasteiger partial charge is 0.123 e. The monoisotopic (exact) mass is 314 g/mol. The van der Waals surface area contributed by atoms with Gasteiger partial charge in [0.25, 0.3) is 0 Å². The lowest BCUT2D eigenvalue weighted by Crippen LogP contribution is -2.38. The van der Waals surface area contributed by atoms with E-state index in [1.165, 1.54) is 17.7 Å². The van der Waals surface area contributed by atoms with Gasteiger partial charge in [-0.15, -0.1) is 0 Å². The van der Waals surface area contributed by atoms with Crippen molar-refractivity contribution in [3.05, 3.63) is 65.5 Å². The van der Waals surface area contributed by atoms with Crippen LogP contribution >= 0.6 is 0 Å². The highest BCUT2D eigenvalue weighted by Gasteiger charge is 2.19. The van der Waals surface area contributed by atoms with E-state index < -0.39 is 0 Å². The summed E-state index contributed by atoms with van der Waals surface area (Å²) in [5, 5.41) is 12.6. The van der Waals surface area contributed by atoms with Crippen molar-refractivity contribution in [1.82, 2.24) is 4.90 Å². The number of halogens is 1. The van der Waals surface area contributed by atoms with E-state index >= 15 is 0 Å². The molecule has 1 heterocycles. The number of likely N-dealkylation sites (tertiary alicyclic amines) is 1. The summed E-state index contributed by atoms with van der Waals surface area (Å²) in [7, 11) is 0. The van der Waals surface area contributed by atoms with Gasteiger partial charge >= 0.3 is 0 Å². The number of aliphatic hydroxyl groups is 1. The summed E-state index contributed by atoms with van der Waals surface area (Å²) in [4.78, 5) is 2.46. The summed E-state index contributed by atoms with van der Waals surface area (Å²) in [6.45, 7) is 3.16. The predicted octanol–water partition coefficient (Wildman–Crippen LogP) is 3.39. The molecule has 1 saturated heterocycles. The molecule has 0 amide bonds. The van der Waals surface area contributed by atoms with E-state index in [0.717, 1.165) is 43.7 Å². The molecule has 0 bridgehead atoms. The van der Waals surface area contributed by atoms with Crippen molar-refractivity contribution < 1.29 is 9.50 Å². The summed E-state index contributed by atoms with van der Waals surface area (Å²) >= 11 is 0. The van der Waals surface area contributed by atoms with Crippen molar-refractivity contribution >= 4 is 5.69 Å². The van der Waals surface area contributed by atoms with Gasteiger partial charge in [0.05, 0.1) is 6.61 Å². The SMILES string of the molecule is OCc1ccc(CN2CCC(Nc3ccc(F)cc3)CC2)cc1. The quantitative estimate of drug-likeness (QED) is 0.888.